The van der Waals surface area contributed by atoms with Gasteiger partial charge in [0.2, 0.25) is 5.91 Å². The molecule has 0 bridgehead atoms. The molecular formula is C21H32N4O2. The lowest BCUT2D eigenvalue weighted by molar-refractivity contribution is -0.120. The van der Waals surface area contributed by atoms with Gasteiger partial charge in [0.15, 0.2) is 0 Å². The molecule has 3 amide bonds. The average molecular weight is 373 g/mol. The van der Waals surface area contributed by atoms with E-state index in [9.17, 15) is 9.59 Å². The molecule has 148 valence electrons. The summed E-state index contributed by atoms with van der Waals surface area (Å²) in [7, 11) is 0. The lowest BCUT2D eigenvalue weighted by Gasteiger charge is -2.38. The van der Waals surface area contributed by atoms with Crippen LogP contribution in [0.3, 0.4) is 0 Å². The number of carbonyl (C=O) groups excluding carboxylic acids is 2. The zero-order valence-electron chi connectivity index (χ0n) is 16.5. The number of nitrogens with one attached hydrogen (secondary N) is 2. The van der Waals surface area contributed by atoms with E-state index >= 15 is 0 Å². The minimum absolute atomic E-state index is 0.0190. The first kappa shape index (κ1) is 19.7. The maximum Gasteiger partial charge on any atom is 0.317 e. The molecule has 1 atom stereocenters. The largest absolute Gasteiger partial charge is 0.354 e. The molecule has 1 aromatic carbocycles. The molecule has 0 aliphatic carbocycles. The van der Waals surface area contributed by atoms with Gasteiger partial charge in [-0.3, -0.25) is 9.69 Å². The number of carbonyl (C=O) groups is 2. The number of likely N-dealkylation sites (tertiary alicyclic amines) is 1. The molecule has 27 heavy (non-hydrogen) atoms. The van der Waals surface area contributed by atoms with Gasteiger partial charge < -0.3 is 15.5 Å². The van der Waals surface area contributed by atoms with Crippen molar-refractivity contribution in [1.29, 1.82) is 0 Å². The quantitative estimate of drug-likeness (QED) is 0.852. The number of hydrogen-bond acceptors (Lipinski definition) is 3. The van der Waals surface area contributed by atoms with E-state index in [-0.39, 0.29) is 18.0 Å². The van der Waals surface area contributed by atoms with Crippen LogP contribution in [0.2, 0.25) is 0 Å². The predicted molar refractivity (Wildman–Crippen MR) is 106 cm³/mol. The monoisotopic (exact) mass is 372 g/mol. The summed E-state index contributed by atoms with van der Waals surface area (Å²) in [4.78, 5) is 28.4. The van der Waals surface area contributed by atoms with Gasteiger partial charge in [-0.2, -0.15) is 0 Å². The van der Waals surface area contributed by atoms with Gasteiger partial charge in [-0.05, 0) is 49.9 Å². The van der Waals surface area contributed by atoms with E-state index in [1.165, 1.54) is 24.0 Å². The van der Waals surface area contributed by atoms with Crippen LogP contribution < -0.4 is 10.6 Å². The van der Waals surface area contributed by atoms with Crippen LogP contribution in [0.1, 0.15) is 43.4 Å². The van der Waals surface area contributed by atoms with Crippen LogP contribution >= 0.6 is 0 Å². The third kappa shape index (κ3) is 5.22. The maximum absolute atomic E-state index is 12.7. The minimum atomic E-state index is -0.0736. The Morgan fingerprint density at radius 1 is 1.22 bits per heavy atom. The van der Waals surface area contributed by atoms with E-state index in [0.717, 1.165) is 19.0 Å². The SMILES string of the molecule is Cc1ccccc1[C@H](CNC(=O)N1CCNC(=O)CC1)N1CCC(C)CC1. The fourth-order valence-electron chi connectivity index (χ4n) is 4.00. The third-order valence-corrected chi connectivity index (χ3v) is 5.85. The van der Waals surface area contributed by atoms with Gasteiger partial charge in [-0.25, -0.2) is 4.79 Å². The fraction of sp³-hybridized carbons (Fsp3) is 0.619. The predicted octanol–water partition coefficient (Wildman–Crippen LogP) is 2.30. The van der Waals surface area contributed by atoms with Crippen molar-refractivity contribution in [1.82, 2.24) is 20.4 Å². The van der Waals surface area contributed by atoms with Crippen LogP contribution in [0, 0.1) is 12.8 Å². The Morgan fingerprint density at radius 2 is 1.96 bits per heavy atom. The number of urea groups is 1. The molecule has 2 heterocycles. The number of amides is 3. The number of hydrogen-bond donors (Lipinski definition) is 2. The van der Waals surface area contributed by atoms with E-state index in [4.69, 9.17) is 0 Å². The third-order valence-electron chi connectivity index (χ3n) is 5.85. The van der Waals surface area contributed by atoms with Crippen molar-refractivity contribution in [3.05, 3.63) is 35.4 Å². The van der Waals surface area contributed by atoms with Crippen LogP contribution in [0.15, 0.2) is 24.3 Å². The van der Waals surface area contributed by atoms with Gasteiger partial charge in [0.1, 0.15) is 0 Å². The summed E-state index contributed by atoms with van der Waals surface area (Å²) < 4.78 is 0. The zero-order valence-corrected chi connectivity index (χ0v) is 16.5. The van der Waals surface area contributed by atoms with E-state index < -0.39 is 0 Å². The van der Waals surface area contributed by atoms with Crippen molar-refractivity contribution in [3.63, 3.8) is 0 Å². The highest BCUT2D eigenvalue weighted by Crippen LogP contribution is 2.28. The number of piperidine rings is 1. The Morgan fingerprint density at radius 3 is 2.70 bits per heavy atom. The molecule has 6 nitrogen and oxygen atoms in total. The Labute approximate surface area is 162 Å². The van der Waals surface area contributed by atoms with Gasteiger partial charge in [0.25, 0.3) is 0 Å². The standard InChI is InChI=1S/C21H32N4O2/c1-16-7-11-24(12-8-16)19(18-6-4-3-5-17(18)2)15-23-21(27)25-13-9-20(26)22-10-14-25/h3-6,16,19H,7-15H2,1-2H3,(H,22,26)(H,23,27)/t19-/m0/s1. The highest BCUT2D eigenvalue weighted by Gasteiger charge is 2.27. The van der Waals surface area contributed by atoms with Crippen LogP contribution in [0.5, 0.6) is 0 Å². The van der Waals surface area contributed by atoms with Gasteiger partial charge >= 0.3 is 6.03 Å². The summed E-state index contributed by atoms with van der Waals surface area (Å²) in [6.07, 6.45) is 2.78. The maximum atomic E-state index is 12.7. The second-order valence-electron chi connectivity index (χ2n) is 7.86. The first-order chi connectivity index (χ1) is 13.0. The van der Waals surface area contributed by atoms with E-state index in [1.54, 1.807) is 4.90 Å². The van der Waals surface area contributed by atoms with Gasteiger partial charge in [-0.1, -0.05) is 31.2 Å². The smallest absolute Gasteiger partial charge is 0.317 e. The van der Waals surface area contributed by atoms with Crippen LogP contribution in [0.4, 0.5) is 4.79 Å². The fourth-order valence-corrected chi connectivity index (χ4v) is 4.00. The van der Waals surface area contributed by atoms with E-state index in [2.05, 4.69) is 53.6 Å². The molecule has 0 saturated carbocycles. The highest BCUT2D eigenvalue weighted by atomic mass is 16.2. The molecule has 2 aliphatic rings. The summed E-state index contributed by atoms with van der Waals surface area (Å²) in [6, 6.07) is 8.58. The highest BCUT2D eigenvalue weighted by molar-refractivity contribution is 5.79. The van der Waals surface area contributed by atoms with E-state index in [0.29, 0.717) is 32.6 Å². The molecule has 3 rings (SSSR count). The van der Waals surface area contributed by atoms with Crippen LogP contribution in [-0.2, 0) is 4.79 Å². The number of benzene rings is 1. The molecule has 0 spiro atoms. The van der Waals surface area contributed by atoms with Gasteiger partial charge in [-0.15, -0.1) is 0 Å². The topological polar surface area (TPSA) is 64.7 Å². The molecule has 2 aliphatic heterocycles. The normalized spacial score (nSPS) is 20.7. The Bertz CT molecular complexity index is 655. The van der Waals surface area contributed by atoms with Crippen molar-refractivity contribution in [2.24, 2.45) is 5.92 Å². The molecular weight excluding hydrogens is 340 g/mol. The summed E-state index contributed by atoms with van der Waals surface area (Å²) in [6.45, 7) is 8.75. The summed E-state index contributed by atoms with van der Waals surface area (Å²) in [5.74, 6) is 0.793. The number of rotatable bonds is 4. The summed E-state index contributed by atoms with van der Waals surface area (Å²) in [5, 5.41) is 5.95. The molecule has 2 N–H and O–H groups in total. The Balaban J connectivity index is 1.67. The van der Waals surface area contributed by atoms with Crippen molar-refractivity contribution < 1.29 is 9.59 Å². The molecule has 2 saturated heterocycles. The number of nitrogens with zero attached hydrogens (tertiary/aromatic N) is 2. The van der Waals surface area contributed by atoms with Gasteiger partial charge in [0, 0.05) is 32.6 Å². The van der Waals surface area contributed by atoms with Gasteiger partial charge in [0.05, 0.1) is 6.04 Å². The zero-order chi connectivity index (χ0) is 19.2. The first-order valence-corrected chi connectivity index (χ1v) is 10.1. The molecule has 1 aromatic rings. The summed E-state index contributed by atoms with van der Waals surface area (Å²) in [5.41, 5.74) is 2.56. The second kappa shape index (κ2) is 9.22. The van der Waals surface area contributed by atoms with Crippen molar-refractivity contribution in [3.8, 4) is 0 Å². The molecule has 0 aromatic heterocycles. The Kier molecular flexibility index (Phi) is 6.72. The lowest BCUT2D eigenvalue weighted by Crippen LogP contribution is -2.46. The minimum Gasteiger partial charge on any atom is -0.354 e. The molecule has 2 fully saturated rings. The average Bonchev–Trinajstić information content (AvgIpc) is 2.89. The van der Waals surface area contributed by atoms with Crippen LogP contribution in [0.25, 0.3) is 0 Å². The Hall–Kier alpha value is -2.08. The molecule has 0 radical (unpaired) electrons. The number of aryl methyl sites for hydroxylation is 1. The molecule has 0 unspecified atom stereocenters. The van der Waals surface area contributed by atoms with Crippen LogP contribution in [-0.4, -0.2) is 61.0 Å². The van der Waals surface area contributed by atoms with E-state index in [1.807, 2.05) is 0 Å². The molecule has 6 heteroatoms. The summed E-state index contributed by atoms with van der Waals surface area (Å²) >= 11 is 0. The lowest BCUT2D eigenvalue weighted by atomic mass is 9.94. The van der Waals surface area contributed by atoms with Crippen molar-refractivity contribution in [2.45, 2.75) is 39.2 Å². The first-order valence-electron chi connectivity index (χ1n) is 10.1. The van der Waals surface area contributed by atoms with Crippen molar-refractivity contribution in [2.75, 3.05) is 39.3 Å². The second-order valence-corrected chi connectivity index (χ2v) is 7.86. The van der Waals surface area contributed by atoms with Crippen molar-refractivity contribution >= 4 is 11.9 Å².